The van der Waals surface area contributed by atoms with E-state index in [9.17, 15) is 4.79 Å². The largest absolute Gasteiger partial charge is 0.335 e. The van der Waals surface area contributed by atoms with Crippen molar-refractivity contribution in [2.45, 2.75) is 26.2 Å². The van der Waals surface area contributed by atoms with Gasteiger partial charge in [0.05, 0.1) is 0 Å². The van der Waals surface area contributed by atoms with Gasteiger partial charge in [0.15, 0.2) is 5.78 Å². The molecule has 0 saturated heterocycles. The predicted octanol–water partition coefficient (Wildman–Crippen LogP) is 1.81. The fourth-order valence-corrected chi connectivity index (χ4v) is 1.30. The Morgan fingerprint density at radius 2 is 2.43 bits per heavy atom. The van der Waals surface area contributed by atoms with Crippen molar-refractivity contribution >= 4 is 5.78 Å². The number of carbonyl (C=O) groups is 1. The first kappa shape index (κ1) is 10.7. The van der Waals surface area contributed by atoms with E-state index in [1.165, 1.54) is 6.08 Å². The minimum absolute atomic E-state index is 0.107. The summed E-state index contributed by atoms with van der Waals surface area (Å²) in [5.74, 6) is 1.15. The summed E-state index contributed by atoms with van der Waals surface area (Å²) >= 11 is 0. The Kier molecular flexibility index (Phi) is 3.63. The van der Waals surface area contributed by atoms with Crippen molar-refractivity contribution in [1.29, 1.82) is 0 Å². The SMILES string of the molecule is C=CC(=O)CCCc1ncc(C)n1C. The van der Waals surface area contributed by atoms with Gasteiger partial charge >= 0.3 is 0 Å². The number of ketones is 1. The Bertz CT molecular complexity index is 339. The summed E-state index contributed by atoms with van der Waals surface area (Å²) in [6.45, 7) is 5.46. The zero-order chi connectivity index (χ0) is 10.6. The van der Waals surface area contributed by atoms with Crippen LogP contribution >= 0.6 is 0 Å². The van der Waals surface area contributed by atoms with Gasteiger partial charge < -0.3 is 4.57 Å². The molecule has 0 saturated carbocycles. The third-order valence-electron chi connectivity index (χ3n) is 2.37. The summed E-state index contributed by atoms with van der Waals surface area (Å²) in [5.41, 5.74) is 1.15. The molecule has 0 unspecified atom stereocenters. The summed E-state index contributed by atoms with van der Waals surface area (Å²) in [7, 11) is 1.99. The molecule has 0 spiro atoms. The predicted molar refractivity (Wildman–Crippen MR) is 56.1 cm³/mol. The lowest BCUT2D eigenvalue weighted by molar-refractivity contribution is -0.114. The van der Waals surface area contributed by atoms with Crippen molar-refractivity contribution in [3.63, 3.8) is 0 Å². The summed E-state index contributed by atoms with van der Waals surface area (Å²) in [6.07, 6.45) is 5.49. The normalized spacial score (nSPS) is 10.1. The summed E-state index contributed by atoms with van der Waals surface area (Å²) in [6, 6.07) is 0. The van der Waals surface area contributed by atoms with E-state index in [2.05, 4.69) is 16.1 Å². The molecule has 3 heteroatoms. The minimum Gasteiger partial charge on any atom is -0.335 e. The maximum atomic E-state index is 10.9. The van der Waals surface area contributed by atoms with E-state index in [1.807, 2.05) is 20.2 Å². The first-order valence-electron chi connectivity index (χ1n) is 4.77. The molecule has 1 rings (SSSR count). The quantitative estimate of drug-likeness (QED) is 0.667. The molecule has 14 heavy (non-hydrogen) atoms. The molecule has 0 radical (unpaired) electrons. The Morgan fingerprint density at radius 3 is 2.93 bits per heavy atom. The average molecular weight is 192 g/mol. The molecule has 0 amide bonds. The number of carbonyl (C=O) groups excluding carboxylic acids is 1. The van der Waals surface area contributed by atoms with Crippen LogP contribution < -0.4 is 0 Å². The monoisotopic (exact) mass is 192 g/mol. The molecular weight excluding hydrogens is 176 g/mol. The van der Waals surface area contributed by atoms with Gasteiger partial charge in [0.25, 0.3) is 0 Å². The van der Waals surface area contributed by atoms with Gasteiger partial charge in [-0.2, -0.15) is 0 Å². The molecule has 3 nitrogen and oxygen atoms in total. The lowest BCUT2D eigenvalue weighted by Crippen LogP contribution is -2.01. The van der Waals surface area contributed by atoms with Gasteiger partial charge in [-0.3, -0.25) is 4.79 Å². The van der Waals surface area contributed by atoms with Crippen LogP contribution in [0.25, 0.3) is 0 Å². The van der Waals surface area contributed by atoms with Gasteiger partial charge in [-0.1, -0.05) is 6.58 Å². The number of imidazole rings is 1. The topological polar surface area (TPSA) is 34.9 Å². The second kappa shape index (κ2) is 4.74. The van der Waals surface area contributed by atoms with Crippen LogP contribution in [0.3, 0.4) is 0 Å². The highest BCUT2D eigenvalue weighted by atomic mass is 16.1. The number of aryl methyl sites for hydroxylation is 2. The molecule has 0 N–H and O–H groups in total. The third kappa shape index (κ3) is 2.55. The van der Waals surface area contributed by atoms with E-state index in [0.717, 1.165) is 24.4 Å². The van der Waals surface area contributed by atoms with Crippen molar-refractivity contribution in [2.75, 3.05) is 0 Å². The van der Waals surface area contributed by atoms with Crippen molar-refractivity contribution in [3.05, 3.63) is 30.4 Å². The van der Waals surface area contributed by atoms with Gasteiger partial charge in [-0.15, -0.1) is 0 Å². The maximum absolute atomic E-state index is 10.9. The molecule has 0 aliphatic heterocycles. The van der Waals surface area contributed by atoms with Crippen LogP contribution in [0.4, 0.5) is 0 Å². The first-order chi connectivity index (χ1) is 6.65. The molecule has 0 bridgehead atoms. The smallest absolute Gasteiger partial charge is 0.155 e. The fourth-order valence-electron chi connectivity index (χ4n) is 1.30. The maximum Gasteiger partial charge on any atom is 0.155 e. The zero-order valence-corrected chi connectivity index (χ0v) is 8.79. The van der Waals surface area contributed by atoms with E-state index < -0.39 is 0 Å². The molecule has 0 atom stereocenters. The lowest BCUT2D eigenvalue weighted by Gasteiger charge is -2.01. The number of allylic oxidation sites excluding steroid dienone is 1. The molecule has 0 fully saturated rings. The van der Waals surface area contributed by atoms with Gasteiger partial charge in [0, 0.05) is 31.8 Å². The van der Waals surface area contributed by atoms with Crippen LogP contribution in [-0.4, -0.2) is 15.3 Å². The summed E-state index contributed by atoms with van der Waals surface area (Å²) < 4.78 is 2.05. The van der Waals surface area contributed by atoms with Crippen LogP contribution in [0, 0.1) is 6.92 Å². The Morgan fingerprint density at radius 1 is 1.71 bits per heavy atom. The number of hydrogen-bond acceptors (Lipinski definition) is 2. The van der Waals surface area contributed by atoms with Crippen LogP contribution in [0.2, 0.25) is 0 Å². The second-order valence-electron chi connectivity index (χ2n) is 3.40. The van der Waals surface area contributed by atoms with E-state index in [0.29, 0.717) is 6.42 Å². The second-order valence-corrected chi connectivity index (χ2v) is 3.40. The van der Waals surface area contributed by atoms with Crippen molar-refractivity contribution in [3.8, 4) is 0 Å². The van der Waals surface area contributed by atoms with Crippen molar-refractivity contribution in [2.24, 2.45) is 7.05 Å². The van der Waals surface area contributed by atoms with Crippen LogP contribution in [0.15, 0.2) is 18.9 Å². The molecule has 1 heterocycles. The van der Waals surface area contributed by atoms with Crippen LogP contribution in [0.1, 0.15) is 24.4 Å². The molecular formula is C11H16N2O. The zero-order valence-electron chi connectivity index (χ0n) is 8.79. The Balaban J connectivity index is 2.42. The fraction of sp³-hybridized carbons (Fsp3) is 0.455. The number of aromatic nitrogens is 2. The van der Waals surface area contributed by atoms with Gasteiger partial charge in [0.2, 0.25) is 0 Å². The Labute approximate surface area is 84.5 Å². The standard InChI is InChI=1S/C11H16N2O/c1-4-10(14)6-5-7-11-12-8-9(2)13(11)3/h4,8H,1,5-7H2,2-3H3. The molecule has 1 aromatic heterocycles. The molecule has 0 aliphatic carbocycles. The van der Waals surface area contributed by atoms with Crippen molar-refractivity contribution in [1.82, 2.24) is 9.55 Å². The van der Waals surface area contributed by atoms with E-state index in [4.69, 9.17) is 0 Å². The van der Waals surface area contributed by atoms with Crippen LogP contribution in [-0.2, 0) is 18.3 Å². The first-order valence-corrected chi connectivity index (χ1v) is 4.77. The summed E-state index contributed by atoms with van der Waals surface area (Å²) in [4.78, 5) is 15.2. The molecule has 0 aliphatic rings. The Hall–Kier alpha value is -1.38. The van der Waals surface area contributed by atoms with E-state index in [-0.39, 0.29) is 5.78 Å². The number of hydrogen-bond donors (Lipinski definition) is 0. The highest BCUT2D eigenvalue weighted by Crippen LogP contribution is 2.05. The van der Waals surface area contributed by atoms with Gasteiger partial charge in [0.1, 0.15) is 5.82 Å². The lowest BCUT2D eigenvalue weighted by atomic mass is 10.2. The average Bonchev–Trinajstić information content (AvgIpc) is 2.49. The minimum atomic E-state index is 0.107. The molecule has 0 aromatic carbocycles. The highest BCUT2D eigenvalue weighted by molar-refractivity contribution is 5.88. The number of nitrogens with zero attached hydrogens (tertiary/aromatic N) is 2. The summed E-state index contributed by atoms with van der Waals surface area (Å²) in [5, 5.41) is 0. The van der Waals surface area contributed by atoms with Gasteiger partial charge in [-0.25, -0.2) is 4.98 Å². The third-order valence-corrected chi connectivity index (χ3v) is 2.37. The highest BCUT2D eigenvalue weighted by Gasteiger charge is 2.03. The number of rotatable bonds is 5. The van der Waals surface area contributed by atoms with Crippen LogP contribution in [0.5, 0.6) is 0 Å². The molecule has 1 aromatic rings. The van der Waals surface area contributed by atoms with Gasteiger partial charge in [-0.05, 0) is 19.4 Å². The van der Waals surface area contributed by atoms with Crippen molar-refractivity contribution < 1.29 is 4.79 Å². The van der Waals surface area contributed by atoms with E-state index in [1.54, 1.807) is 0 Å². The van der Waals surface area contributed by atoms with E-state index >= 15 is 0 Å². The molecule has 76 valence electrons.